The van der Waals surface area contributed by atoms with Crippen LogP contribution in [0.5, 0.6) is 0 Å². The maximum Gasteiger partial charge on any atom is 0.246 e. The van der Waals surface area contributed by atoms with E-state index in [4.69, 9.17) is 5.73 Å². The number of aliphatic hydroxyl groups excluding tert-OH is 1. The van der Waals surface area contributed by atoms with Crippen molar-refractivity contribution in [3.05, 3.63) is 6.20 Å². The first-order valence-electron chi connectivity index (χ1n) is 4.67. The number of nitrogens with zero attached hydrogens (tertiary/aromatic N) is 1. The van der Waals surface area contributed by atoms with Crippen LogP contribution in [-0.2, 0) is 10.0 Å². The van der Waals surface area contributed by atoms with Crippen LogP contribution in [0.25, 0.3) is 0 Å². The number of hydrogen-bond acceptors (Lipinski definition) is 5. The lowest BCUT2D eigenvalue weighted by Crippen LogP contribution is -2.50. The van der Waals surface area contributed by atoms with Gasteiger partial charge in [-0.1, -0.05) is 0 Å². The van der Waals surface area contributed by atoms with Crippen LogP contribution in [0.4, 0.5) is 5.82 Å². The number of aromatic nitrogens is 2. The molecule has 1 heterocycles. The molecule has 1 unspecified atom stereocenters. The number of sulfonamides is 1. The second-order valence-electron chi connectivity index (χ2n) is 4.15. The van der Waals surface area contributed by atoms with Crippen LogP contribution in [0.3, 0.4) is 0 Å². The molecule has 5 N–H and O–H groups in total. The fourth-order valence-electron chi connectivity index (χ4n) is 0.986. The second-order valence-corrected chi connectivity index (χ2v) is 5.80. The first-order valence-corrected chi connectivity index (χ1v) is 6.16. The van der Waals surface area contributed by atoms with Crippen molar-refractivity contribution >= 4 is 15.8 Å². The highest BCUT2D eigenvalue weighted by atomic mass is 32.2. The monoisotopic (exact) mass is 248 g/mol. The molecule has 0 aliphatic heterocycles. The van der Waals surface area contributed by atoms with Crippen LogP contribution in [-0.4, -0.2) is 35.4 Å². The summed E-state index contributed by atoms with van der Waals surface area (Å²) in [6.45, 7) is 4.65. The Morgan fingerprint density at radius 1 is 1.62 bits per heavy atom. The van der Waals surface area contributed by atoms with Gasteiger partial charge in [-0.25, -0.2) is 13.1 Å². The van der Waals surface area contributed by atoms with E-state index >= 15 is 0 Å². The van der Waals surface area contributed by atoms with E-state index in [2.05, 4.69) is 14.9 Å². The maximum absolute atomic E-state index is 11.9. The van der Waals surface area contributed by atoms with E-state index in [0.29, 0.717) is 0 Å². The Morgan fingerprint density at radius 3 is 2.56 bits per heavy atom. The maximum atomic E-state index is 11.9. The highest BCUT2D eigenvalue weighted by Crippen LogP contribution is 2.18. The Labute approximate surface area is 94.1 Å². The highest BCUT2D eigenvalue weighted by Gasteiger charge is 2.31. The van der Waals surface area contributed by atoms with Crippen molar-refractivity contribution in [3.63, 3.8) is 0 Å². The Balaban J connectivity index is 3.03. The van der Waals surface area contributed by atoms with E-state index in [1.807, 2.05) is 0 Å². The lowest BCUT2D eigenvalue weighted by molar-refractivity contribution is 0.111. The molecule has 0 bridgehead atoms. The van der Waals surface area contributed by atoms with Crippen LogP contribution in [0.1, 0.15) is 20.8 Å². The molecule has 8 heteroatoms. The third-order valence-corrected chi connectivity index (χ3v) is 4.06. The molecule has 0 radical (unpaired) electrons. The number of hydrogen-bond donors (Lipinski definition) is 4. The summed E-state index contributed by atoms with van der Waals surface area (Å²) in [5.41, 5.74) is 4.44. The van der Waals surface area contributed by atoms with Crippen molar-refractivity contribution in [2.45, 2.75) is 37.3 Å². The van der Waals surface area contributed by atoms with E-state index in [-0.39, 0.29) is 10.7 Å². The van der Waals surface area contributed by atoms with Crippen molar-refractivity contribution in [1.29, 1.82) is 0 Å². The molecule has 1 atom stereocenters. The van der Waals surface area contributed by atoms with E-state index in [1.54, 1.807) is 13.8 Å². The summed E-state index contributed by atoms with van der Waals surface area (Å²) in [5.74, 6) is -0.0334. The molecule has 0 saturated heterocycles. The molecule has 0 spiro atoms. The molecule has 0 aliphatic rings. The summed E-state index contributed by atoms with van der Waals surface area (Å²) in [4.78, 5) is -0.124. The number of H-pyrrole nitrogens is 1. The largest absolute Gasteiger partial charge is 0.391 e. The molecule has 1 rings (SSSR count). The zero-order valence-electron chi connectivity index (χ0n) is 9.35. The first-order chi connectivity index (χ1) is 7.17. The first kappa shape index (κ1) is 12.9. The van der Waals surface area contributed by atoms with Crippen molar-refractivity contribution in [3.8, 4) is 0 Å². The van der Waals surface area contributed by atoms with Gasteiger partial charge in [0.15, 0.2) is 0 Å². The molecular weight excluding hydrogens is 232 g/mol. The Kier molecular flexibility index (Phi) is 3.27. The topological polar surface area (TPSA) is 121 Å². The van der Waals surface area contributed by atoms with Crippen LogP contribution in [0.2, 0.25) is 0 Å². The fraction of sp³-hybridized carbons (Fsp3) is 0.625. The van der Waals surface area contributed by atoms with Crippen molar-refractivity contribution in [2.24, 2.45) is 0 Å². The third-order valence-electron chi connectivity index (χ3n) is 2.36. The van der Waals surface area contributed by atoms with Crippen LogP contribution < -0.4 is 10.5 Å². The predicted octanol–water partition coefficient (Wildman–Crippen LogP) is -0.570. The summed E-state index contributed by atoms with van der Waals surface area (Å²) in [6, 6.07) is 0. The quantitative estimate of drug-likeness (QED) is 0.568. The van der Waals surface area contributed by atoms with Crippen molar-refractivity contribution < 1.29 is 13.5 Å². The van der Waals surface area contributed by atoms with Crippen LogP contribution >= 0.6 is 0 Å². The summed E-state index contributed by atoms with van der Waals surface area (Å²) >= 11 is 0. The van der Waals surface area contributed by atoms with Gasteiger partial charge in [0.2, 0.25) is 10.0 Å². The average Bonchev–Trinajstić information content (AvgIpc) is 2.49. The summed E-state index contributed by atoms with van der Waals surface area (Å²) in [7, 11) is -3.78. The standard InChI is InChI=1S/C8H16N4O3S/c1-5(13)8(2,3)12-16(14,15)6-4-10-11-7(6)9/h4-5,12-13H,1-3H3,(H3,9,10,11). The van der Waals surface area contributed by atoms with Gasteiger partial charge < -0.3 is 10.8 Å². The Hall–Kier alpha value is -1.12. The molecular formula is C8H16N4O3S. The molecule has 0 fully saturated rings. The van der Waals surface area contributed by atoms with Gasteiger partial charge in [-0.3, -0.25) is 5.10 Å². The lowest BCUT2D eigenvalue weighted by atomic mass is 10.0. The molecule has 0 aromatic carbocycles. The van der Waals surface area contributed by atoms with E-state index in [1.165, 1.54) is 6.92 Å². The minimum Gasteiger partial charge on any atom is -0.391 e. The van der Waals surface area contributed by atoms with Crippen molar-refractivity contribution in [2.75, 3.05) is 5.73 Å². The van der Waals surface area contributed by atoms with E-state index in [9.17, 15) is 13.5 Å². The lowest BCUT2D eigenvalue weighted by Gasteiger charge is -2.28. The third kappa shape index (κ3) is 2.52. The minimum atomic E-state index is -3.78. The fourth-order valence-corrected chi connectivity index (χ4v) is 2.49. The predicted molar refractivity (Wildman–Crippen MR) is 59.1 cm³/mol. The molecule has 1 aromatic rings. The number of aliphatic hydroxyl groups is 1. The summed E-state index contributed by atoms with van der Waals surface area (Å²) < 4.78 is 26.1. The van der Waals surface area contributed by atoms with Gasteiger partial charge in [-0.15, -0.1) is 0 Å². The number of nitrogens with one attached hydrogen (secondary N) is 2. The number of anilines is 1. The van der Waals surface area contributed by atoms with Gasteiger partial charge >= 0.3 is 0 Å². The van der Waals surface area contributed by atoms with E-state index in [0.717, 1.165) is 6.20 Å². The van der Waals surface area contributed by atoms with Gasteiger partial charge in [0, 0.05) is 0 Å². The summed E-state index contributed by atoms with van der Waals surface area (Å²) in [5, 5.41) is 15.3. The van der Waals surface area contributed by atoms with Gasteiger partial charge in [0.05, 0.1) is 17.8 Å². The zero-order valence-corrected chi connectivity index (χ0v) is 10.2. The number of nitrogen functional groups attached to an aromatic ring is 1. The van der Waals surface area contributed by atoms with Gasteiger partial charge in [0.25, 0.3) is 0 Å². The second kappa shape index (κ2) is 4.04. The number of rotatable bonds is 4. The molecule has 16 heavy (non-hydrogen) atoms. The SMILES string of the molecule is CC(O)C(C)(C)NS(=O)(=O)c1cn[nH]c1N. The van der Waals surface area contributed by atoms with Gasteiger partial charge in [0.1, 0.15) is 10.7 Å². The normalized spacial score (nSPS) is 15.0. The minimum absolute atomic E-state index is 0.0334. The van der Waals surface area contributed by atoms with Gasteiger partial charge in [-0.05, 0) is 20.8 Å². The van der Waals surface area contributed by atoms with E-state index < -0.39 is 21.7 Å². The molecule has 92 valence electrons. The Morgan fingerprint density at radius 2 is 2.19 bits per heavy atom. The molecule has 1 aromatic heterocycles. The molecule has 0 saturated carbocycles. The molecule has 7 nitrogen and oxygen atoms in total. The number of nitrogens with two attached hydrogens (primary N) is 1. The summed E-state index contributed by atoms with van der Waals surface area (Å²) in [6.07, 6.45) is 0.283. The molecule has 0 amide bonds. The molecule has 0 aliphatic carbocycles. The smallest absolute Gasteiger partial charge is 0.246 e. The van der Waals surface area contributed by atoms with Crippen LogP contribution in [0.15, 0.2) is 11.1 Å². The number of aromatic amines is 1. The zero-order chi connectivity index (χ0) is 12.6. The average molecular weight is 248 g/mol. The Bertz CT molecular complexity index is 463. The highest BCUT2D eigenvalue weighted by molar-refractivity contribution is 7.89. The van der Waals surface area contributed by atoms with Gasteiger partial charge in [-0.2, -0.15) is 5.10 Å². The van der Waals surface area contributed by atoms with Crippen molar-refractivity contribution in [1.82, 2.24) is 14.9 Å². The van der Waals surface area contributed by atoms with Crippen LogP contribution in [0, 0.1) is 0 Å².